The highest BCUT2D eigenvalue weighted by Crippen LogP contribution is 2.11. The van der Waals surface area contributed by atoms with E-state index in [1.54, 1.807) is 35.4 Å². The maximum absolute atomic E-state index is 11.7. The summed E-state index contributed by atoms with van der Waals surface area (Å²) < 4.78 is 6.75. The summed E-state index contributed by atoms with van der Waals surface area (Å²) in [7, 11) is 0. The van der Waals surface area contributed by atoms with Crippen LogP contribution in [0.4, 0.5) is 0 Å². The Hall–Kier alpha value is -2.96. The fourth-order valence-corrected chi connectivity index (χ4v) is 1.83. The summed E-state index contributed by atoms with van der Waals surface area (Å²) in [5.74, 6) is 0.0667. The predicted molar refractivity (Wildman–Crippen MR) is 74.3 cm³/mol. The molecule has 0 aliphatic heterocycles. The van der Waals surface area contributed by atoms with Gasteiger partial charge in [0.25, 0.3) is 5.91 Å². The molecule has 1 amide bonds. The van der Waals surface area contributed by atoms with Crippen LogP contribution in [0.3, 0.4) is 0 Å². The SMILES string of the molecule is O=C(NCCn1ccc(-c2cnccn2)n1)c1ccco1. The van der Waals surface area contributed by atoms with Crippen LogP contribution in [0.2, 0.25) is 0 Å². The molecule has 21 heavy (non-hydrogen) atoms. The number of furan rings is 1. The Labute approximate surface area is 120 Å². The molecular formula is C14H13N5O2. The number of rotatable bonds is 5. The maximum atomic E-state index is 11.7. The Bertz CT molecular complexity index is 706. The molecule has 1 N–H and O–H groups in total. The minimum Gasteiger partial charge on any atom is -0.459 e. The van der Waals surface area contributed by atoms with Crippen molar-refractivity contribution in [3.63, 3.8) is 0 Å². The number of aromatic nitrogens is 4. The number of hydrogen-bond acceptors (Lipinski definition) is 5. The summed E-state index contributed by atoms with van der Waals surface area (Å²) in [6.07, 6.45) is 8.20. The topological polar surface area (TPSA) is 85.8 Å². The molecule has 0 aromatic carbocycles. The summed E-state index contributed by atoms with van der Waals surface area (Å²) >= 11 is 0. The third-order valence-corrected chi connectivity index (χ3v) is 2.84. The second-order valence-electron chi connectivity index (χ2n) is 4.29. The van der Waals surface area contributed by atoms with E-state index < -0.39 is 0 Å². The van der Waals surface area contributed by atoms with Crippen molar-refractivity contribution in [1.82, 2.24) is 25.1 Å². The lowest BCUT2D eigenvalue weighted by Gasteiger charge is -2.03. The van der Waals surface area contributed by atoms with Gasteiger partial charge >= 0.3 is 0 Å². The van der Waals surface area contributed by atoms with Crippen LogP contribution in [-0.2, 0) is 6.54 Å². The number of carbonyl (C=O) groups excluding carboxylic acids is 1. The molecule has 0 aliphatic carbocycles. The summed E-state index contributed by atoms with van der Waals surface area (Å²) in [5.41, 5.74) is 1.47. The highest BCUT2D eigenvalue weighted by atomic mass is 16.3. The zero-order valence-electron chi connectivity index (χ0n) is 11.1. The second-order valence-corrected chi connectivity index (χ2v) is 4.29. The quantitative estimate of drug-likeness (QED) is 0.764. The van der Waals surface area contributed by atoms with E-state index in [1.807, 2.05) is 12.3 Å². The number of hydrogen-bond donors (Lipinski definition) is 1. The van der Waals surface area contributed by atoms with Crippen LogP contribution >= 0.6 is 0 Å². The molecule has 3 rings (SSSR count). The maximum Gasteiger partial charge on any atom is 0.287 e. The standard InChI is InChI=1S/C14H13N5O2/c20-14(13-2-1-9-21-13)17-6-8-19-7-3-11(18-19)12-10-15-4-5-16-12/h1-5,7,9-10H,6,8H2,(H,17,20). The third-order valence-electron chi connectivity index (χ3n) is 2.84. The lowest BCUT2D eigenvalue weighted by atomic mass is 10.3. The summed E-state index contributed by atoms with van der Waals surface area (Å²) in [6.45, 7) is 1.02. The van der Waals surface area contributed by atoms with E-state index in [0.29, 0.717) is 18.8 Å². The van der Waals surface area contributed by atoms with Crippen LogP contribution < -0.4 is 5.32 Å². The molecule has 0 saturated carbocycles. The normalized spacial score (nSPS) is 10.5. The molecule has 0 fully saturated rings. The van der Waals surface area contributed by atoms with E-state index in [0.717, 1.165) is 11.4 Å². The van der Waals surface area contributed by atoms with Crippen molar-refractivity contribution >= 4 is 5.91 Å². The van der Waals surface area contributed by atoms with Gasteiger partial charge in [0.05, 0.1) is 19.0 Å². The Kier molecular flexibility index (Phi) is 3.72. The number of amides is 1. The highest BCUT2D eigenvalue weighted by molar-refractivity contribution is 5.91. The van der Waals surface area contributed by atoms with Crippen LogP contribution in [0.5, 0.6) is 0 Å². The fourth-order valence-electron chi connectivity index (χ4n) is 1.83. The van der Waals surface area contributed by atoms with Crippen molar-refractivity contribution in [2.24, 2.45) is 0 Å². The van der Waals surface area contributed by atoms with Gasteiger partial charge in [-0.05, 0) is 18.2 Å². The molecule has 0 unspecified atom stereocenters. The zero-order chi connectivity index (χ0) is 14.5. The average molecular weight is 283 g/mol. The van der Waals surface area contributed by atoms with Gasteiger partial charge in [0, 0.05) is 25.1 Å². The van der Waals surface area contributed by atoms with Gasteiger partial charge in [0.15, 0.2) is 5.76 Å². The molecule has 0 bridgehead atoms. The molecule has 0 spiro atoms. The van der Waals surface area contributed by atoms with E-state index in [2.05, 4.69) is 20.4 Å². The summed E-state index contributed by atoms with van der Waals surface area (Å²) in [6, 6.07) is 5.16. The first-order valence-corrected chi connectivity index (χ1v) is 6.44. The average Bonchev–Trinajstić information content (AvgIpc) is 3.20. The predicted octanol–water partition coefficient (Wildman–Crippen LogP) is 1.36. The molecule has 0 radical (unpaired) electrons. The smallest absolute Gasteiger partial charge is 0.287 e. The van der Waals surface area contributed by atoms with Crippen LogP contribution in [0.15, 0.2) is 53.7 Å². The molecule has 0 atom stereocenters. The van der Waals surface area contributed by atoms with Gasteiger partial charge in [-0.1, -0.05) is 0 Å². The van der Waals surface area contributed by atoms with E-state index >= 15 is 0 Å². The Morgan fingerprint density at radius 2 is 2.24 bits per heavy atom. The van der Waals surface area contributed by atoms with Gasteiger partial charge in [-0.15, -0.1) is 0 Å². The monoisotopic (exact) mass is 283 g/mol. The van der Waals surface area contributed by atoms with Crippen molar-refractivity contribution in [2.75, 3.05) is 6.54 Å². The minimum absolute atomic E-state index is 0.235. The first-order chi connectivity index (χ1) is 10.3. The number of nitrogens with zero attached hydrogens (tertiary/aromatic N) is 4. The molecule has 106 valence electrons. The van der Waals surface area contributed by atoms with Crippen molar-refractivity contribution in [3.05, 3.63) is 55.0 Å². The Morgan fingerprint density at radius 3 is 3.00 bits per heavy atom. The lowest BCUT2D eigenvalue weighted by Crippen LogP contribution is -2.27. The highest BCUT2D eigenvalue weighted by Gasteiger charge is 2.07. The molecule has 3 aromatic rings. The van der Waals surface area contributed by atoms with Crippen LogP contribution in [0.25, 0.3) is 11.4 Å². The van der Waals surface area contributed by atoms with E-state index in [4.69, 9.17) is 4.42 Å². The Morgan fingerprint density at radius 1 is 1.29 bits per heavy atom. The molecule has 0 saturated heterocycles. The van der Waals surface area contributed by atoms with Crippen LogP contribution in [-0.4, -0.2) is 32.2 Å². The number of nitrogens with one attached hydrogen (secondary N) is 1. The first kappa shape index (κ1) is 13.0. The molecule has 3 aromatic heterocycles. The fraction of sp³-hybridized carbons (Fsp3) is 0.143. The first-order valence-electron chi connectivity index (χ1n) is 6.44. The van der Waals surface area contributed by atoms with Gasteiger partial charge in [-0.2, -0.15) is 5.10 Å². The number of carbonyl (C=O) groups is 1. The summed E-state index contributed by atoms with van der Waals surface area (Å²) in [4.78, 5) is 19.9. The van der Waals surface area contributed by atoms with Gasteiger partial charge < -0.3 is 9.73 Å². The van der Waals surface area contributed by atoms with Crippen molar-refractivity contribution < 1.29 is 9.21 Å². The third kappa shape index (κ3) is 3.14. The van der Waals surface area contributed by atoms with E-state index in [1.165, 1.54) is 6.26 Å². The molecule has 7 heteroatoms. The molecule has 3 heterocycles. The van der Waals surface area contributed by atoms with E-state index in [9.17, 15) is 4.79 Å². The molecular weight excluding hydrogens is 270 g/mol. The van der Waals surface area contributed by atoms with Gasteiger partial charge in [0.1, 0.15) is 11.4 Å². The van der Waals surface area contributed by atoms with Crippen molar-refractivity contribution in [3.8, 4) is 11.4 Å². The lowest BCUT2D eigenvalue weighted by molar-refractivity contribution is 0.0924. The molecule has 7 nitrogen and oxygen atoms in total. The van der Waals surface area contributed by atoms with Crippen molar-refractivity contribution in [1.29, 1.82) is 0 Å². The summed E-state index contributed by atoms with van der Waals surface area (Å²) in [5, 5.41) is 7.14. The Balaban J connectivity index is 1.55. The minimum atomic E-state index is -0.235. The second kappa shape index (κ2) is 6.00. The van der Waals surface area contributed by atoms with Gasteiger partial charge in [-0.25, -0.2) is 0 Å². The largest absolute Gasteiger partial charge is 0.459 e. The van der Waals surface area contributed by atoms with Gasteiger partial charge in [0.2, 0.25) is 0 Å². The molecule has 0 aliphatic rings. The van der Waals surface area contributed by atoms with E-state index in [-0.39, 0.29) is 5.91 Å². The van der Waals surface area contributed by atoms with Gasteiger partial charge in [-0.3, -0.25) is 19.4 Å². The van der Waals surface area contributed by atoms with Crippen LogP contribution in [0.1, 0.15) is 10.6 Å². The van der Waals surface area contributed by atoms with Crippen molar-refractivity contribution in [2.45, 2.75) is 6.54 Å². The zero-order valence-corrected chi connectivity index (χ0v) is 11.1. The van der Waals surface area contributed by atoms with Crippen LogP contribution in [0, 0.1) is 0 Å².